The van der Waals surface area contributed by atoms with Crippen molar-refractivity contribution < 1.29 is 43.1 Å². The summed E-state index contributed by atoms with van der Waals surface area (Å²) in [6.07, 6.45) is -4.21. The van der Waals surface area contributed by atoms with Crippen LogP contribution < -0.4 is 20.6 Å². The van der Waals surface area contributed by atoms with Gasteiger partial charge in [-0.05, 0) is 24.3 Å². The molecular formula is C19H22N6O9P+. The molecule has 1 aromatic carbocycles. The Morgan fingerprint density at radius 3 is 2.66 bits per heavy atom. The number of nitrogen functional groups attached to an aromatic ring is 1. The van der Waals surface area contributed by atoms with Crippen molar-refractivity contribution in [3.63, 3.8) is 0 Å². The van der Waals surface area contributed by atoms with E-state index in [4.69, 9.17) is 30.3 Å². The quantitative estimate of drug-likeness (QED) is 0.147. The highest BCUT2D eigenvalue weighted by molar-refractivity contribution is 7.46. The van der Waals surface area contributed by atoms with Gasteiger partial charge >= 0.3 is 13.5 Å². The molecule has 0 aliphatic carbocycles. The van der Waals surface area contributed by atoms with Gasteiger partial charge in [-0.15, -0.1) is 0 Å². The predicted octanol–water partition coefficient (Wildman–Crippen LogP) is -1.73. The lowest BCUT2D eigenvalue weighted by molar-refractivity contribution is -0.746. The number of aliphatic hydroxyl groups excluding tert-OH is 2. The number of aromatic amines is 1. The number of imidazole rings is 1. The molecule has 7 N–H and O–H groups in total. The molecule has 15 nitrogen and oxygen atoms in total. The molecule has 0 bridgehead atoms. The Morgan fingerprint density at radius 2 is 2.00 bits per heavy atom. The van der Waals surface area contributed by atoms with Crippen LogP contribution in [0.4, 0.5) is 5.95 Å². The number of rotatable bonds is 8. The fourth-order valence-electron chi connectivity index (χ4n) is 3.68. The zero-order valence-corrected chi connectivity index (χ0v) is 18.9. The lowest BCUT2D eigenvalue weighted by atomic mass is 10.1. The lowest BCUT2D eigenvalue weighted by Crippen LogP contribution is -2.46. The molecule has 1 aliphatic heterocycles. The smallest absolute Gasteiger partial charge is 0.469 e. The minimum atomic E-state index is -4.83. The highest BCUT2D eigenvalue weighted by Gasteiger charge is 2.47. The summed E-state index contributed by atoms with van der Waals surface area (Å²) >= 11 is 0. The summed E-state index contributed by atoms with van der Waals surface area (Å²) in [4.78, 5) is 37.0. The standard InChI is InChI=1S/C19H21N6O9P/c20-7-10-1-3-11(4-2-10)32-6-5-24-9-25(16-13(24)17(28)23-19(21)22-16)18-15(27)14(26)12(34-18)8-33-35(29,30)31/h1-4,9,12,14-15,18,26-27H,5-6,8H2,(H4-,21,22,23,28,29,30,31)/p+1/t12-,14-,15-,18-/m1/s1. The fourth-order valence-corrected chi connectivity index (χ4v) is 4.03. The number of H-pyrrole nitrogens is 1. The zero-order valence-electron chi connectivity index (χ0n) is 18.0. The number of hydrogen-bond donors (Lipinski definition) is 6. The van der Waals surface area contributed by atoms with Gasteiger partial charge in [0.1, 0.15) is 37.2 Å². The number of nitrogens with zero attached hydrogens (tertiary/aromatic N) is 4. The van der Waals surface area contributed by atoms with Crippen molar-refractivity contribution >= 4 is 24.9 Å². The number of phosphoric acid groups is 1. The summed E-state index contributed by atoms with van der Waals surface area (Å²) in [5, 5.41) is 29.7. The molecule has 4 atom stereocenters. The number of ether oxygens (including phenoxy) is 2. The molecule has 186 valence electrons. The molecule has 2 aromatic heterocycles. The van der Waals surface area contributed by atoms with Gasteiger partial charge in [0.25, 0.3) is 11.5 Å². The minimum Gasteiger partial charge on any atom is -0.490 e. The summed E-state index contributed by atoms with van der Waals surface area (Å²) < 4.78 is 29.4. The third-order valence-electron chi connectivity index (χ3n) is 5.29. The van der Waals surface area contributed by atoms with Crippen molar-refractivity contribution in [3.8, 4) is 11.8 Å². The predicted molar refractivity (Wildman–Crippen MR) is 116 cm³/mol. The van der Waals surface area contributed by atoms with E-state index >= 15 is 0 Å². The Morgan fingerprint density at radius 1 is 1.29 bits per heavy atom. The topological polar surface area (TPSA) is 230 Å². The number of nitriles is 1. The van der Waals surface area contributed by atoms with E-state index in [9.17, 15) is 19.6 Å². The first-order valence-corrected chi connectivity index (χ1v) is 11.7. The van der Waals surface area contributed by atoms with E-state index in [1.807, 2.05) is 6.07 Å². The summed E-state index contributed by atoms with van der Waals surface area (Å²) in [5.74, 6) is 0.312. The van der Waals surface area contributed by atoms with Crippen LogP contribution in [0.25, 0.3) is 11.2 Å². The van der Waals surface area contributed by atoms with Crippen molar-refractivity contribution in [3.05, 3.63) is 46.5 Å². The lowest BCUT2D eigenvalue weighted by Gasteiger charge is -2.14. The van der Waals surface area contributed by atoms with E-state index in [1.165, 1.54) is 15.5 Å². The third kappa shape index (κ3) is 5.34. The Bertz CT molecular complexity index is 1360. The maximum absolute atomic E-state index is 12.6. The van der Waals surface area contributed by atoms with Gasteiger partial charge in [0, 0.05) is 0 Å². The fraction of sp³-hybridized carbons (Fsp3) is 0.368. The van der Waals surface area contributed by atoms with Crippen molar-refractivity contribution in [2.24, 2.45) is 0 Å². The number of anilines is 1. The van der Waals surface area contributed by atoms with Crippen LogP contribution in [0.1, 0.15) is 11.8 Å². The molecule has 3 aromatic rings. The first kappa shape index (κ1) is 24.8. The molecule has 1 aliphatic rings. The summed E-state index contributed by atoms with van der Waals surface area (Å²) in [7, 11) is -4.83. The third-order valence-corrected chi connectivity index (χ3v) is 5.78. The Hall–Kier alpha value is -3.35. The van der Waals surface area contributed by atoms with Crippen LogP contribution in [-0.2, 0) is 20.4 Å². The normalized spacial score (nSPS) is 22.4. The molecule has 0 saturated carbocycles. The molecule has 35 heavy (non-hydrogen) atoms. The van der Waals surface area contributed by atoms with Gasteiger partial charge in [-0.25, -0.2) is 9.13 Å². The van der Waals surface area contributed by atoms with Gasteiger partial charge in [0.2, 0.25) is 11.7 Å². The van der Waals surface area contributed by atoms with Gasteiger partial charge in [-0.2, -0.15) is 5.26 Å². The molecule has 0 unspecified atom stereocenters. The Balaban J connectivity index is 1.59. The van der Waals surface area contributed by atoms with E-state index in [1.54, 1.807) is 24.3 Å². The molecule has 1 fully saturated rings. The molecule has 0 amide bonds. The first-order valence-electron chi connectivity index (χ1n) is 10.2. The van der Waals surface area contributed by atoms with Crippen LogP contribution in [0.5, 0.6) is 5.75 Å². The molecular weight excluding hydrogens is 487 g/mol. The molecule has 0 radical (unpaired) electrons. The van der Waals surface area contributed by atoms with E-state index in [0.29, 0.717) is 11.3 Å². The number of phosphoric ester groups is 1. The summed E-state index contributed by atoms with van der Waals surface area (Å²) in [6, 6.07) is 8.47. The molecule has 0 spiro atoms. The maximum Gasteiger partial charge on any atom is 0.469 e. The van der Waals surface area contributed by atoms with Gasteiger partial charge in [0.05, 0.1) is 18.2 Å². The van der Waals surface area contributed by atoms with Gasteiger partial charge in [0.15, 0.2) is 6.33 Å². The van der Waals surface area contributed by atoms with Crippen molar-refractivity contribution in [2.45, 2.75) is 31.1 Å². The monoisotopic (exact) mass is 509 g/mol. The number of nitrogens with two attached hydrogens (primary N) is 1. The minimum absolute atomic E-state index is 0.0393. The van der Waals surface area contributed by atoms with E-state index in [-0.39, 0.29) is 30.3 Å². The highest BCUT2D eigenvalue weighted by atomic mass is 31.2. The van der Waals surface area contributed by atoms with Crippen LogP contribution in [0.2, 0.25) is 0 Å². The molecule has 16 heteroatoms. The number of fused-ring (bicyclic) bond motifs is 1. The van der Waals surface area contributed by atoms with Gasteiger partial charge < -0.3 is 35.2 Å². The van der Waals surface area contributed by atoms with E-state index in [0.717, 1.165) is 0 Å². The van der Waals surface area contributed by atoms with Crippen LogP contribution in [0.15, 0.2) is 35.4 Å². The van der Waals surface area contributed by atoms with Crippen molar-refractivity contribution in [1.82, 2.24) is 14.5 Å². The second kappa shape index (κ2) is 9.72. The second-order valence-corrected chi connectivity index (χ2v) is 8.90. The second-order valence-electron chi connectivity index (χ2n) is 7.66. The number of nitrogens with one attached hydrogen (secondary N) is 1. The van der Waals surface area contributed by atoms with Crippen molar-refractivity contribution in [1.29, 1.82) is 5.26 Å². The van der Waals surface area contributed by atoms with E-state index < -0.39 is 44.5 Å². The van der Waals surface area contributed by atoms with Crippen LogP contribution in [-0.4, -0.2) is 66.1 Å². The molecule has 4 rings (SSSR count). The highest BCUT2D eigenvalue weighted by Crippen LogP contribution is 2.37. The molecule has 1 saturated heterocycles. The number of hydrogen-bond acceptors (Lipinski definition) is 10. The summed E-state index contributed by atoms with van der Waals surface area (Å²) in [5.41, 5.74) is 5.72. The largest absolute Gasteiger partial charge is 0.490 e. The average Bonchev–Trinajstić information content (AvgIpc) is 3.29. The number of aliphatic hydroxyl groups is 2. The van der Waals surface area contributed by atoms with Crippen molar-refractivity contribution in [2.75, 3.05) is 18.9 Å². The Kier molecular flexibility index (Phi) is 6.88. The summed E-state index contributed by atoms with van der Waals surface area (Å²) in [6.45, 7) is -0.407. The zero-order chi connectivity index (χ0) is 25.3. The molecule has 3 heterocycles. The average molecular weight is 509 g/mol. The van der Waals surface area contributed by atoms with E-state index in [2.05, 4.69) is 14.5 Å². The maximum atomic E-state index is 12.6. The van der Waals surface area contributed by atoms with Gasteiger partial charge in [-0.3, -0.25) is 18.9 Å². The Labute approximate surface area is 196 Å². The number of aromatic nitrogens is 4. The van der Waals surface area contributed by atoms with Gasteiger partial charge in [-0.1, -0.05) is 4.98 Å². The van der Waals surface area contributed by atoms with Crippen LogP contribution in [0, 0.1) is 11.3 Å². The number of benzene rings is 1. The SMILES string of the molecule is N#Cc1ccc(OCCn2c[n+]([C@@H]3O[C@H](COP(=O)(O)O)[C@@H](O)[C@H]3O)c3nc(N)[nH]c(=O)c32)cc1. The van der Waals surface area contributed by atoms with Crippen LogP contribution >= 0.6 is 7.82 Å². The van der Waals surface area contributed by atoms with Crippen LogP contribution in [0.3, 0.4) is 0 Å². The first-order chi connectivity index (χ1) is 16.6.